The summed E-state index contributed by atoms with van der Waals surface area (Å²) in [6.45, 7) is 1.28. The number of hydrogen-bond donors (Lipinski definition) is 1. The van der Waals surface area contributed by atoms with Crippen LogP contribution in [0.4, 0.5) is 26.7 Å². The van der Waals surface area contributed by atoms with Gasteiger partial charge in [-0.15, -0.1) is 0 Å². The molecule has 2 aliphatic rings. The molecule has 3 aromatic carbocycles. The van der Waals surface area contributed by atoms with E-state index in [1.807, 2.05) is 0 Å². The summed E-state index contributed by atoms with van der Waals surface area (Å²) in [7, 11) is 2.28. The van der Waals surface area contributed by atoms with Gasteiger partial charge in [-0.3, -0.25) is 4.79 Å². The summed E-state index contributed by atoms with van der Waals surface area (Å²) in [6, 6.07) is 11.0. The third-order valence-electron chi connectivity index (χ3n) is 9.11. The second-order valence-electron chi connectivity index (χ2n) is 11.8. The Bertz CT molecular complexity index is 1660. The number of carbonyl (C=O) groups is 3. The molecule has 0 radical (unpaired) electrons. The van der Waals surface area contributed by atoms with E-state index in [2.05, 4.69) is 10.2 Å². The zero-order valence-electron chi connectivity index (χ0n) is 26.9. The van der Waals surface area contributed by atoms with Crippen LogP contribution in [0.5, 0.6) is 0 Å². The first-order chi connectivity index (χ1) is 23.5. The van der Waals surface area contributed by atoms with Gasteiger partial charge in [0.15, 0.2) is 11.6 Å². The SMILES string of the molecule is COCC1=C(C(=O)OC)C(c2c(F)ccc(F)c2F)NC(=O)N1N(C=O)CCCN1CCC(c2ccc(F)cc2)(c2ccc(F)cc2)CC1. The fourth-order valence-corrected chi connectivity index (χ4v) is 6.67. The molecule has 1 atom stereocenters. The van der Waals surface area contributed by atoms with Crippen molar-refractivity contribution >= 4 is 18.4 Å². The van der Waals surface area contributed by atoms with Crippen molar-refractivity contribution in [1.29, 1.82) is 0 Å². The number of carbonyl (C=O) groups excluding carboxylic acids is 3. The molecule has 0 aromatic heterocycles. The van der Waals surface area contributed by atoms with Gasteiger partial charge in [0.05, 0.1) is 36.6 Å². The maximum atomic E-state index is 14.9. The normalized spacial score (nSPS) is 17.9. The van der Waals surface area contributed by atoms with Crippen molar-refractivity contribution in [1.82, 2.24) is 20.2 Å². The van der Waals surface area contributed by atoms with E-state index in [4.69, 9.17) is 9.47 Å². The molecule has 0 spiro atoms. The summed E-state index contributed by atoms with van der Waals surface area (Å²) < 4.78 is 81.5. The van der Waals surface area contributed by atoms with Crippen molar-refractivity contribution in [3.05, 3.63) is 118 Å². The first-order valence-electron chi connectivity index (χ1n) is 15.5. The largest absolute Gasteiger partial charge is 0.466 e. The molecule has 5 rings (SSSR count). The number of ether oxygens (including phenoxy) is 2. The summed E-state index contributed by atoms with van der Waals surface area (Å²) in [5.74, 6) is -6.02. The number of nitrogens with one attached hydrogen (secondary N) is 1. The van der Waals surface area contributed by atoms with Gasteiger partial charge in [0.2, 0.25) is 6.41 Å². The summed E-state index contributed by atoms with van der Waals surface area (Å²) in [5, 5.41) is 4.17. The van der Waals surface area contributed by atoms with Gasteiger partial charge in [-0.05, 0) is 86.4 Å². The number of hydrazine groups is 1. The maximum absolute atomic E-state index is 14.9. The van der Waals surface area contributed by atoms with Crippen LogP contribution in [0, 0.1) is 29.1 Å². The molecule has 0 aliphatic carbocycles. The van der Waals surface area contributed by atoms with Crippen LogP contribution in [0.15, 0.2) is 71.9 Å². The topological polar surface area (TPSA) is 91.4 Å². The van der Waals surface area contributed by atoms with Gasteiger partial charge >= 0.3 is 12.0 Å². The van der Waals surface area contributed by atoms with Crippen molar-refractivity contribution in [2.45, 2.75) is 30.7 Å². The van der Waals surface area contributed by atoms with Gasteiger partial charge in [0.1, 0.15) is 17.5 Å². The Balaban J connectivity index is 1.34. The highest BCUT2D eigenvalue weighted by molar-refractivity contribution is 5.95. The quantitative estimate of drug-likeness (QED) is 0.119. The standard InChI is InChI=1S/C35H35F5N4O5/c1-48-20-28-30(33(46)49-2)32(29-26(38)12-13-27(39)31(29)40)41-34(47)44(28)43(21-45)17-3-16-42-18-14-35(15-19-42,22-4-8-24(36)9-5-22)23-6-10-25(37)11-7-23/h4-13,21,32H,3,14-20H2,1-2H3,(H,41,47). The van der Waals surface area contributed by atoms with Gasteiger partial charge in [0, 0.05) is 19.1 Å². The molecule has 14 heteroatoms. The van der Waals surface area contributed by atoms with Crippen molar-refractivity contribution < 1.29 is 45.8 Å². The number of piperidine rings is 1. The molecule has 3 amide bonds. The highest BCUT2D eigenvalue weighted by Crippen LogP contribution is 2.42. The van der Waals surface area contributed by atoms with E-state index in [-0.39, 0.29) is 23.9 Å². The smallest absolute Gasteiger partial charge is 0.341 e. The molecule has 3 aromatic rings. The van der Waals surface area contributed by atoms with Crippen LogP contribution in [0.2, 0.25) is 0 Å². The lowest BCUT2D eigenvalue weighted by atomic mass is 9.68. The average Bonchev–Trinajstić information content (AvgIpc) is 3.10. The molecule has 1 unspecified atom stereocenters. The molecule has 9 nitrogen and oxygen atoms in total. The van der Waals surface area contributed by atoms with Crippen LogP contribution in [0.1, 0.15) is 42.0 Å². The molecule has 49 heavy (non-hydrogen) atoms. The first kappa shape index (κ1) is 35.5. The molecule has 1 N–H and O–H groups in total. The van der Waals surface area contributed by atoms with E-state index in [9.17, 15) is 36.3 Å². The second-order valence-corrected chi connectivity index (χ2v) is 11.8. The number of rotatable bonds is 12. The second kappa shape index (κ2) is 15.2. The summed E-state index contributed by atoms with van der Waals surface area (Å²) in [5.41, 5.74) is -0.230. The Labute approximate surface area is 279 Å². The zero-order valence-corrected chi connectivity index (χ0v) is 26.9. The number of esters is 1. The van der Waals surface area contributed by atoms with Crippen molar-refractivity contribution in [3.63, 3.8) is 0 Å². The lowest BCUT2D eigenvalue weighted by Crippen LogP contribution is -2.56. The molecule has 1 fully saturated rings. The van der Waals surface area contributed by atoms with E-state index in [1.165, 1.54) is 31.4 Å². The van der Waals surface area contributed by atoms with E-state index >= 15 is 0 Å². The minimum Gasteiger partial charge on any atom is -0.466 e. The number of amides is 3. The number of hydrogen-bond acceptors (Lipinski definition) is 6. The van der Waals surface area contributed by atoms with Crippen LogP contribution in [-0.2, 0) is 24.5 Å². The van der Waals surface area contributed by atoms with E-state index in [0.29, 0.717) is 57.4 Å². The van der Waals surface area contributed by atoms with E-state index in [0.717, 1.165) is 28.3 Å². The summed E-state index contributed by atoms with van der Waals surface area (Å²) in [4.78, 5) is 41.0. The highest BCUT2D eigenvalue weighted by atomic mass is 19.2. The van der Waals surface area contributed by atoms with E-state index < -0.39 is 58.7 Å². The third kappa shape index (κ3) is 7.15. The fraction of sp³-hybridized carbons (Fsp3) is 0.343. The van der Waals surface area contributed by atoms with Crippen LogP contribution in [0.3, 0.4) is 0 Å². The third-order valence-corrected chi connectivity index (χ3v) is 9.11. The number of nitrogens with zero attached hydrogens (tertiary/aromatic N) is 3. The number of likely N-dealkylation sites (tertiary alicyclic amines) is 1. The molecule has 2 heterocycles. The molecular formula is C35H35F5N4O5. The summed E-state index contributed by atoms with van der Waals surface area (Å²) >= 11 is 0. The Hall–Kier alpha value is -4.82. The predicted octanol–water partition coefficient (Wildman–Crippen LogP) is 5.37. The first-order valence-corrected chi connectivity index (χ1v) is 15.5. The predicted molar refractivity (Wildman–Crippen MR) is 167 cm³/mol. The highest BCUT2D eigenvalue weighted by Gasteiger charge is 2.43. The minimum atomic E-state index is -1.79. The number of benzene rings is 3. The van der Waals surface area contributed by atoms with Crippen LogP contribution in [0.25, 0.3) is 0 Å². The van der Waals surface area contributed by atoms with Gasteiger partial charge in [-0.25, -0.2) is 41.6 Å². The van der Waals surface area contributed by atoms with Gasteiger partial charge in [-0.1, -0.05) is 24.3 Å². The number of methoxy groups -OCH3 is 2. The zero-order chi connectivity index (χ0) is 35.3. The van der Waals surface area contributed by atoms with Crippen LogP contribution in [-0.4, -0.2) is 80.3 Å². The number of halogens is 5. The minimum absolute atomic E-state index is 0.0104. The Morgan fingerprint density at radius 3 is 2.02 bits per heavy atom. The molecule has 1 saturated heterocycles. The summed E-state index contributed by atoms with van der Waals surface area (Å²) in [6.07, 6.45) is 2.03. The van der Waals surface area contributed by atoms with Gasteiger partial charge in [0.25, 0.3) is 0 Å². The lowest BCUT2D eigenvalue weighted by Gasteiger charge is -2.43. The van der Waals surface area contributed by atoms with Crippen molar-refractivity contribution in [3.8, 4) is 0 Å². The molecular weight excluding hydrogens is 651 g/mol. The molecule has 2 aliphatic heterocycles. The van der Waals surface area contributed by atoms with Crippen LogP contribution >= 0.6 is 0 Å². The van der Waals surface area contributed by atoms with Gasteiger partial charge in [-0.2, -0.15) is 0 Å². The Morgan fingerprint density at radius 1 is 0.918 bits per heavy atom. The van der Waals surface area contributed by atoms with Crippen LogP contribution < -0.4 is 5.32 Å². The molecule has 0 saturated carbocycles. The monoisotopic (exact) mass is 686 g/mol. The fourth-order valence-electron chi connectivity index (χ4n) is 6.67. The number of urea groups is 1. The molecule has 260 valence electrons. The molecule has 0 bridgehead atoms. The Morgan fingerprint density at radius 2 is 1.49 bits per heavy atom. The van der Waals surface area contributed by atoms with Crippen molar-refractivity contribution in [2.24, 2.45) is 0 Å². The lowest BCUT2D eigenvalue weighted by molar-refractivity contribution is -0.138. The maximum Gasteiger partial charge on any atom is 0.341 e. The van der Waals surface area contributed by atoms with Crippen molar-refractivity contribution in [2.75, 3.05) is 47.0 Å². The Kier molecular flexibility index (Phi) is 11.0. The van der Waals surface area contributed by atoms with Gasteiger partial charge < -0.3 is 19.7 Å². The van der Waals surface area contributed by atoms with E-state index in [1.54, 1.807) is 24.3 Å². The average molecular weight is 687 g/mol.